The highest BCUT2D eigenvalue weighted by Crippen LogP contribution is 2.22. The molecule has 2 heteroatoms. The molecule has 92 valence electrons. The molecule has 15 heavy (non-hydrogen) atoms. The minimum absolute atomic E-state index is 0.349. The van der Waals surface area contributed by atoms with E-state index in [9.17, 15) is 0 Å². The zero-order chi connectivity index (χ0) is 11.7. The first-order valence-corrected chi connectivity index (χ1v) is 6.33. The number of ether oxygens (including phenoxy) is 1. The van der Waals surface area contributed by atoms with E-state index in [1.807, 2.05) is 0 Å². The molecule has 1 N–H and O–H groups in total. The van der Waals surface area contributed by atoms with Crippen molar-refractivity contribution in [3.63, 3.8) is 0 Å². The Morgan fingerprint density at radius 2 is 1.87 bits per heavy atom. The Bertz CT molecular complexity index is 140. The van der Waals surface area contributed by atoms with Crippen molar-refractivity contribution in [2.24, 2.45) is 5.41 Å². The largest absolute Gasteiger partial charge is 0.382 e. The standard InChI is InChI=1S/C13H29NO/c1-6-10-14-12(13(3,4)5)9-8-11-15-7-2/h12,14H,6-11H2,1-5H3. The first kappa shape index (κ1) is 14.9. The van der Waals surface area contributed by atoms with Gasteiger partial charge in [-0.1, -0.05) is 27.7 Å². The van der Waals surface area contributed by atoms with Crippen LogP contribution in [0, 0.1) is 5.41 Å². The van der Waals surface area contributed by atoms with Gasteiger partial charge in [0.15, 0.2) is 0 Å². The molecule has 0 amide bonds. The first-order chi connectivity index (χ1) is 7.02. The minimum Gasteiger partial charge on any atom is -0.382 e. The molecule has 0 aromatic rings. The van der Waals surface area contributed by atoms with E-state index in [0.717, 1.165) is 26.2 Å². The fourth-order valence-electron chi connectivity index (χ4n) is 1.69. The Kier molecular flexibility index (Phi) is 8.07. The Balaban J connectivity index is 3.81. The number of hydrogen-bond donors (Lipinski definition) is 1. The normalized spacial score (nSPS) is 14.2. The molecule has 0 aromatic heterocycles. The summed E-state index contributed by atoms with van der Waals surface area (Å²) in [6.45, 7) is 14.0. The van der Waals surface area contributed by atoms with Crippen LogP contribution >= 0.6 is 0 Å². The van der Waals surface area contributed by atoms with E-state index in [1.165, 1.54) is 12.8 Å². The molecule has 0 spiro atoms. The lowest BCUT2D eigenvalue weighted by molar-refractivity contribution is 0.133. The van der Waals surface area contributed by atoms with Gasteiger partial charge < -0.3 is 10.1 Å². The summed E-state index contributed by atoms with van der Waals surface area (Å²) in [4.78, 5) is 0. The molecule has 0 heterocycles. The topological polar surface area (TPSA) is 21.3 Å². The summed E-state index contributed by atoms with van der Waals surface area (Å²) < 4.78 is 5.37. The average Bonchev–Trinajstić information content (AvgIpc) is 2.15. The molecule has 0 aliphatic heterocycles. The zero-order valence-corrected chi connectivity index (χ0v) is 11.2. The van der Waals surface area contributed by atoms with Gasteiger partial charge in [0.25, 0.3) is 0 Å². The Morgan fingerprint density at radius 1 is 1.20 bits per heavy atom. The van der Waals surface area contributed by atoms with Gasteiger partial charge in [-0.25, -0.2) is 0 Å². The van der Waals surface area contributed by atoms with Gasteiger partial charge in [-0.15, -0.1) is 0 Å². The second-order valence-corrected chi connectivity index (χ2v) is 5.21. The second kappa shape index (κ2) is 8.12. The predicted octanol–water partition coefficient (Wildman–Crippen LogP) is 3.22. The molecule has 0 aromatic carbocycles. The van der Waals surface area contributed by atoms with Crippen LogP contribution in [0.3, 0.4) is 0 Å². The van der Waals surface area contributed by atoms with Crippen molar-refractivity contribution in [1.29, 1.82) is 0 Å². The molecule has 1 atom stereocenters. The summed E-state index contributed by atoms with van der Waals surface area (Å²) in [7, 11) is 0. The van der Waals surface area contributed by atoms with Crippen LogP contribution in [0.15, 0.2) is 0 Å². The van der Waals surface area contributed by atoms with Crippen LogP contribution in [-0.2, 0) is 4.74 Å². The van der Waals surface area contributed by atoms with Crippen molar-refractivity contribution in [3.8, 4) is 0 Å². The van der Waals surface area contributed by atoms with Gasteiger partial charge in [-0.05, 0) is 38.1 Å². The number of nitrogens with one attached hydrogen (secondary N) is 1. The van der Waals surface area contributed by atoms with Crippen molar-refractivity contribution >= 4 is 0 Å². The lowest BCUT2D eigenvalue weighted by Crippen LogP contribution is -2.40. The minimum atomic E-state index is 0.349. The van der Waals surface area contributed by atoms with E-state index in [-0.39, 0.29) is 0 Å². The SMILES string of the molecule is CCCNC(CCCOCC)C(C)(C)C. The maximum absolute atomic E-state index is 5.37. The third kappa shape index (κ3) is 7.80. The van der Waals surface area contributed by atoms with Crippen molar-refractivity contribution in [2.45, 2.75) is 59.9 Å². The maximum atomic E-state index is 5.37. The van der Waals surface area contributed by atoms with Crippen molar-refractivity contribution in [1.82, 2.24) is 5.32 Å². The molecule has 0 rings (SSSR count). The van der Waals surface area contributed by atoms with Crippen molar-refractivity contribution < 1.29 is 4.74 Å². The number of rotatable bonds is 8. The summed E-state index contributed by atoms with van der Waals surface area (Å²) in [5.41, 5.74) is 0.349. The van der Waals surface area contributed by atoms with Gasteiger partial charge in [-0.3, -0.25) is 0 Å². The molecule has 0 radical (unpaired) electrons. The summed E-state index contributed by atoms with van der Waals surface area (Å²) in [5.74, 6) is 0. The summed E-state index contributed by atoms with van der Waals surface area (Å²) in [5, 5.41) is 3.63. The molecular weight excluding hydrogens is 186 g/mol. The Hall–Kier alpha value is -0.0800. The fourth-order valence-corrected chi connectivity index (χ4v) is 1.69. The molecule has 1 unspecified atom stereocenters. The second-order valence-electron chi connectivity index (χ2n) is 5.21. The average molecular weight is 215 g/mol. The monoisotopic (exact) mass is 215 g/mol. The van der Waals surface area contributed by atoms with Crippen LogP contribution in [0.2, 0.25) is 0 Å². The Morgan fingerprint density at radius 3 is 2.33 bits per heavy atom. The summed E-state index contributed by atoms with van der Waals surface area (Å²) in [6, 6.07) is 0.609. The highest BCUT2D eigenvalue weighted by atomic mass is 16.5. The zero-order valence-electron chi connectivity index (χ0n) is 11.2. The van der Waals surface area contributed by atoms with Gasteiger partial charge in [0.1, 0.15) is 0 Å². The molecule has 0 bridgehead atoms. The molecule has 0 saturated carbocycles. The molecular formula is C13H29NO. The van der Waals surface area contributed by atoms with Crippen LogP contribution in [0.1, 0.15) is 53.9 Å². The number of hydrogen-bond acceptors (Lipinski definition) is 2. The lowest BCUT2D eigenvalue weighted by atomic mass is 9.84. The van der Waals surface area contributed by atoms with Crippen LogP contribution in [0.25, 0.3) is 0 Å². The van der Waals surface area contributed by atoms with E-state index in [0.29, 0.717) is 11.5 Å². The Labute approximate surface area is 95.8 Å². The van der Waals surface area contributed by atoms with Gasteiger partial charge in [0.05, 0.1) is 0 Å². The maximum Gasteiger partial charge on any atom is 0.0466 e. The molecule has 0 saturated heterocycles. The first-order valence-electron chi connectivity index (χ1n) is 6.33. The van der Waals surface area contributed by atoms with Crippen molar-refractivity contribution in [2.75, 3.05) is 19.8 Å². The quantitative estimate of drug-likeness (QED) is 0.628. The van der Waals surface area contributed by atoms with Crippen LogP contribution in [0.5, 0.6) is 0 Å². The lowest BCUT2D eigenvalue weighted by Gasteiger charge is -2.31. The van der Waals surface area contributed by atoms with E-state index in [4.69, 9.17) is 4.74 Å². The smallest absolute Gasteiger partial charge is 0.0466 e. The highest BCUT2D eigenvalue weighted by molar-refractivity contribution is 4.80. The highest BCUT2D eigenvalue weighted by Gasteiger charge is 2.22. The van der Waals surface area contributed by atoms with E-state index in [1.54, 1.807) is 0 Å². The van der Waals surface area contributed by atoms with Crippen LogP contribution in [-0.4, -0.2) is 25.8 Å². The van der Waals surface area contributed by atoms with Crippen molar-refractivity contribution in [3.05, 3.63) is 0 Å². The van der Waals surface area contributed by atoms with E-state index >= 15 is 0 Å². The van der Waals surface area contributed by atoms with E-state index < -0.39 is 0 Å². The summed E-state index contributed by atoms with van der Waals surface area (Å²) >= 11 is 0. The third-order valence-corrected chi connectivity index (χ3v) is 2.67. The fraction of sp³-hybridized carbons (Fsp3) is 1.00. The summed E-state index contributed by atoms with van der Waals surface area (Å²) in [6.07, 6.45) is 3.58. The van der Waals surface area contributed by atoms with Gasteiger partial charge in [0, 0.05) is 19.3 Å². The third-order valence-electron chi connectivity index (χ3n) is 2.67. The predicted molar refractivity (Wildman–Crippen MR) is 67.3 cm³/mol. The molecule has 0 aliphatic carbocycles. The van der Waals surface area contributed by atoms with Gasteiger partial charge in [0.2, 0.25) is 0 Å². The molecule has 0 aliphatic rings. The van der Waals surface area contributed by atoms with E-state index in [2.05, 4.69) is 39.9 Å². The van der Waals surface area contributed by atoms with Crippen LogP contribution in [0.4, 0.5) is 0 Å². The molecule has 0 fully saturated rings. The van der Waals surface area contributed by atoms with Gasteiger partial charge in [-0.2, -0.15) is 0 Å². The molecule has 2 nitrogen and oxygen atoms in total. The van der Waals surface area contributed by atoms with Gasteiger partial charge >= 0.3 is 0 Å². The van der Waals surface area contributed by atoms with Crippen LogP contribution < -0.4 is 5.32 Å².